The Morgan fingerprint density at radius 3 is 1.52 bits per heavy atom. The molecule has 0 aliphatic heterocycles. The summed E-state index contributed by atoms with van der Waals surface area (Å²) in [4.78, 5) is 0. The molecule has 4 rings (SSSR count). The quantitative estimate of drug-likeness (QED) is 0.371. The van der Waals surface area contributed by atoms with Crippen LogP contribution in [0.4, 0.5) is 13.2 Å². The van der Waals surface area contributed by atoms with E-state index in [4.69, 9.17) is 0 Å². The zero-order valence-corrected chi connectivity index (χ0v) is 20.1. The Labute approximate surface area is 198 Å². The molecule has 2 aromatic carbocycles. The van der Waals surface area contributed by atoms with Gasteiger partial charge in [0.15, 0.2) is 0 Å². The summed E-state index contributed by atoms with van der Waals surface area (Å²) in [5, 5.41) is 0. The Morgan fingerprint density at radius 1 is 0.667 bits per heavy atom. The number of benzene rings is 2. The molecule has 2 aromatic rings. The third-order valence-corrected chi connectivity index (χ3v) is 8.36. The van der Waals surface area contributed by atoms with Crippen molar-refractivity contribution in [3.8, 4) is 11.1 Å². The highest BCUT2D eigenvalue weighted by molar-refractivity contribution is 5.66. The SMILES string of the molecule is CCC[C@H]1CC[C@H](c2ccc(-c3ccc([C@H]4CC[C@H](CCCF)CC4)cc3F)c(F)c2)CC1. The average Bonchev–Trinajstić information content (AvgIpc) is 2.84. The van der Waals surface area contributed by atoms with Gasteiger partial charge in [0.25, 0.3) is 0 Å². The molecule has 0 unspecified atom stereocenters. The smallest absolute Gasteiger partial charge is 0.131 e. The van der Waals surface area contributed by atoms with Crippen LogP contribution in [0.3, 0.4) is 0 Å². The zero-order valence-electron chi connectivity index (χ0n) is 20.1. The predicted molar refractivity (Wildman–Crippen MR) is 131 cm³/mol. The number of halogens is 3. The van der Waals surface area contributed by atoms with Gasteiger partial charge in [0, 0.05) is 11.1 Å². The summed E-state index contributed by atoms with van der Waals surface area (Å²) in [5.41, 5.74) is 2.79. The first-order valence-corrected chi connectivity index (χ1v) is 13.2. The van der Waals surface area contributed by atoms with Crippen LogP contribution in [-0.4, -0.2) is 6.67 Å². The minimum Gasteiger partial charge on any atom is -0.251 e. The lowest BCUT2D eigenvalue weighted by Gasteiger charge is -2.29. The van der Waals surface area contributed by atoms with E-state index in [-0.39, 0.29) is 18.3 Å². The van der Waals surface area contributed by atoms with Gasteiger partial charge in [-0.05, 0) is 111 Å². The Balaban J connectivity index is 1.41. The van der Waals surface area contributed by atoms with Crippen molar-refractivity contribution in [2.45, 2.75) is 95.8 Å². The summed E-state index contributed by atoms with van der Waals surface area (Å²) < 4.78 is 42.6. The number of hydrogen-bond acceptors (Lipinski definition) is 0. The van der Waals surface area contributed by atoms with Gasteiger partial charge in [-0.2, -0.15) is 0 Å². The van der Waals surface area contributed by atoms with Crippen LogP contribution >= 0.6 is 0 Å². The summed E-state index contributed by atoms with van der Waals surface area (Å²) in [5.74, 6) is 1.56. The first-order valence-electron chi connectivity index (χ1n) is 13.2. The molecule has 2 aliphatic rings. The van der Waals surface area contributed by atoms with Crippen molar-refractivity contribution in [3.05, 3.63) is 59.2 Å². The summed E-state index contributed by atoms with van der Waals surface area (Å²) >= 11 is 0. The fourth-order valence-corrected chi connectivity index (χ4v) is 6.35. The molecule has 2 saturated carbocycles. The summed E-state index contributed by atoms with van der Waals surface area (Å²) in [6.07, 6.45) is 13.1. The highest BCUT2D eigenvalue weighted by Gasteiger charge is 2.25. The third-order valence-electron chi connectivity index (χ3n) is 8.36. The molecule has 2 aliphatic carbocycles. The van der Waals surface area contributed by atoms with Gasteiger partial charge >= 0.3 is 0 Å². The summed E-state index contributed by atoms with van der Waals surface area (Å²) in [6.45, 7) is 2.01. The van der Waals surface area contributed by atoms with E-state index in [0.29, 0.717) is 35.3 Å². The lowest BCUT2D eigenvalue weighted by Crippen LogP contribution is -2.14. The molecule has 0 nitrogen and oxygen atoms in total. The van der Waals surface area contributed by atoms with E-state index < -0.39 is 0 Å². The van der Waals surface area contributed by atoms with E-state index in [1.165, 1.54) is 25.7 Å². The van der Waals surface area contributed by atoms with Crippen LogP contribution in [0.5, 0.6) is 0 Å². The van der Waals surface area contributed by atoms with Crippen LogP contribution in [0.2, 0.25) is 0 Å². The molecule has 0 aromatic heterocycles. The summed E-state index contributed by atoms with van der Waals surface area (Å²) in [7, 11) is 0. The van der Waals surface area contributed by atoms with Crippen LogP contribution in [0.1, 0.15) is 107 Å². The van der Waals surface area contributed by atoms with Crippen molar-refractivity contribution in [1.29, 1.82) is 0 Å². The van der Waals surface area contributed by atoms with Crippen molar-refractivity contribution < 1.29 is 13.2 Å². The van der Waals surface area contributed by atoms with Crippen LogP contribution in [0, 0.1) is 23.5 Å². The van der Waals surface area contributed by atoms with Gasteiger partial charge < -0.3 is 0 Å². The van der Waals surface area contributed by atoms with Crippen molar-refractivity contribution in [1.82, 2.24) is 0 Å². The Kier molecular flexibility index (Phi) is 8.55. The summed E-state index contributed by atoms with van der Waals surface area (Å²) in [6, 6.07) is 10.8. The highest BCUT2D eigenvalue weighted by atomic mass is 19.1. The van der Waals surface area contributed by atoms with Crippen molar-refractivity contribution in [2.24, 2.45) is 11.8 Å². The van der Waals surface area contributed by atoms with Gasteiger partial charge in [-0.15, -0.1) is 0 Å². The molecule has 0 radical (unpaired) electrons. The normalized spacial score (nSPS) is 25.8. The second kappa shape index (κ2) is 11.6. The number of alkyl halides is 1. The molecule has 0 amide bonds. The molecule has 0 saturated heterocycles. The van der Waals surface area contributed by atoms with E-state index in [0.717, 1.165) is 62.0 Å². The van der Waals surface area contributed by atoms with E-state index in [9.17, 15) is 4.39 Å². The van der Waals surface area contributed by atoms with Gasteiger partial charge in [-0.25, -0.2) is 8.78 Å². The van der Waals surface area contributed by atoms with Gasteiger partial charge in [0.1, 0.15) is 11.6 Å². The fraction of sp³-hybridized carbons (Fsp3) is 0.600. The Morgan fingerprint density at radius 2 is 1.12 bits per heavy atom. The van der Waals surface area contributed by atoms with Gasteiger partial charge in [-0.1, -0.05) is 44.0 Å². The van der Waals surface area contributed by atoms with Gasteiger partial charge in [-0.3, -0.25) is 4.39 Å². The molecule has 0 spiro atoms. The number of hydrogen-bond donors (Lipinski definition) is 0. The topological polar surface area (TPSA) is 0 Å². The molecule has 180 valence electrons. The molecule has 0 bridgehead atoms. The standard InChI is InChI=1S/C30H39F3/c1-2-4-21-6-10-23(11-7-21)25-14-16-27(29(32)19-25)28-17-15-26(20-30(28)33)24-12-8-22(9-13-24)5-3-18-31/h14-17,19-24H,2-13,18H2,1H3/t21-,22-,23-,24-. The van der Waals surface area contributed by atoms with Crippen LogP contribution < -0.4 is 0 Å². The minimum atomic E-state index is -0.334. The molecule has 33 heavy (non-hydrogen) atoms. The zero-order chi connectivity index (χ0) is 23.2. The monoisotopic (exact) mass is 456 g/mol. The van der Waals surface area contributed by atoms with Crippen molar-refractivity contribution in [2.75, 3.05) is 6.67 Å². The predicted octanol–water partition coefficient (Wildman–Crippen LogP) is 9.73. The lowest BCUT2D eigenvalue weighted by atomic mass is 9.76. The molecule has 0 heterocycles. The van der Waals surface area contributed by atoms with Crippen molar-refractivity contribution in [3.63, 3.8) is 0 Å². The highest BCUT2D eigenvalue weighted by Crippen LogP contribution is 2.40. The Hall–Kier alpha value is -1.77. The van der Waals surface area contributed by atoms with Gasteiger partial charge in [0.05, 0.1) is 6.67 Å². The second-order valence-corrected chi connectivity index (χ2v) is 10.5. The molecular formula is C30H39F3. The number of rotatable bonds is 8. The van der Waals surface area contributed by atoms with Gasteiger partial charge in [0.2, 0.25) is 0 Å². The van der Waals surface area contributed by atoms with E-state index >= 15 is 8.78 Å². The van der Waals surface area contributed by atoms with Crippen LogP contribution in [0.25, 0.3) is 11.1 Å². The van der Waals surface area contributed by atoms with E-state index in [2.05, 4.69) is 6.92 Å². The average molecular weight is 457 g/mol. The molecule has 0 atom stereocenters. The fourth-order valence-electron chi connectivity index (χ4n) is 6.35. The minimum absolute atomic E-state index is 0.232. The molecule has 3 heteroatoms. The van der Waals surface area contributed by atoms with E-state index in [1.807, 2.05) is 12.1 Å². The maximum absolute atomic E-state index is 15.1. The first-order chi connectivity index (χ1) is 16.1. The Bertz CT molecular complexity index is 889. The van der Waals surface area contributed by atoms with Crippen LogP contribution in [0.15, 0.2) is 36.4 Å². The van der Waals surface area contributed by atoms with Crippen LogP contribution in [-0.2, 0) is 0 Å². The lowest BCUT2D eigenvalue weighted by molar-refractivity contribution is 0.293. The van der Waals surface area contributed by atoms with E-state index in [1.54, 1.807) is 24.3 Å². The molecular weight excluding hydrogens is 417 g/mol. The maximum atomic E-state index is 15.1. The molecule has 0 N–H and O–H groups in total. The second-order valence-electron chi connectivity index (χ2n) is 10.5. The molecule has 2 fully saturated rings. The largest absolute Gasteiger partial charge is 0.251 e. The maximum Gasteiger partial charge on any atom is 0.131 e. The third kappa shape index (κ3) is 6.03. The van der Waals surface area contributed by atoms with Crippen molar-refractivity contribution >= 4 is 0 Å². The first kappa shape index (κ1) is 24.4.